The van der Waals surface area contributed by atoms with Crippen LogP contribution in [0.15, 0.2) is 18.3 Å². The number of hydrogen-bond acceptors (Lipinski definition) is 4. The monoisotopic (exact) mass is 379 g/mol. The summed E-state index contributed by atoms with van der Waals surface area (Å²) in [7, 11) is 3.59. The normalized spacial score (nSPS) is 13.6. The summed E-state index contributed by atoms with van der Waals surface area (Å²) in [4.78, 5) is 29.1. The Bertz CT molecular complexity index is 598. The molecule has 1 aliphatic rings. The third-order valence-electron chi connectivity index (χ3n) is 4.81. The molecule has 0 saturated heterocycles. The lowest BCUT2D eigenvalue weighted by atomic mass is 10.2. The first-order valence-corrected chi connectivity index (χ1v) is 9.80. The van der Waals surface area contributed by atoms with Gasteiger partial charge in [0.05, 0.1) is 19.7 Å². The van der Waals surface area contributed by atoms with Crippen molar-refractivity contribution in [3.05, 3.63) is 24.0 Å². The molecule has 1 saturated carbocycles. The number of carbonyl (C=O) groups is 2. The second-order valence-corrected chi connectivity index (χ2v) is 7.00. The summed E-state index contributed by atoms with van der Waals surface area (Å²) in [5.41, 5.74) is 1.05. The van der Waals surface area contributed by atoms with Crippen LogP contribution in [0.1, 0.15) is 31.9 Å². The van der Waals surface area contributed by atoms with Crippen LogP contribution in [0.2, 0.25) is 0 Å². The maximum absolute atomic E-state index is 13.0. The van der Waals surface area contributed by atoms with E-state index in [0.29, 0.717) is 39.5 Å². The molecule has 1 fully saturated rings. The van der Waals surface area contributed by atoms with Gasteiger partial charge in [0, 0.05) is 58.3 Å². The van der Waals surface area contributed by atoms with Crippen LogP contribution < -0.4 is 0 Å². The van der Waals surface area contributed by atoms with Crippen LogP contribution in [0.5, 0.6) is 0 Å². The lowest BCUT2D eigenvalue weighted by molar-refractivity contribution is -0.142. The van der Waals surface area contributed by atoms with Gasteiger partial charge in [0.2, 0.25) is 11.8 Å². The largest absolute Gasteiger partial charge is 0.383 e. The minimum Gasteiger partial charge on any atom is -0.383 e. The predicted octanol–water partition coefficient (Wildman–Crippen LogP) is 1.67. The number of aryl methyl sites for hydroxylation is 1. The van der Waals surface area contributed by atoms with E-state index < -0.39 is 0 Å². The number of hydrogen-bond donors (Lipinski definition) is 0. The number of amides is 2. The first-order chi connectivity index (χ1) is 13.1. The Morgan fingerprint density at radius 1 is 1.22 bits per heavy atom. The van der Waals surface area contributed by atoms with Gasteiger partial charge in [-0.25, -0.2) is 0 Å². The molecule has 0 aliphatic heterocycles. The SMILES string of the molecule is CCOCCCN(CC(=O)N(CCOC)Cc1cccn1C)C(=O)C1CC1. The molecular weight excluding hydrogens is 346 g/mol. The van der Waals surface area contributed by atoms with Crippen molar-refractivity contribution in [3.63, 3.8) is 0 Å². The van der Waals surface area contributed by atoms with Crippen molar-refractivity contribution in [2.75, 3.05) is 46.6 Å². The topological polar surface area (TPSA) is 64.0 Å². The Morgan fingerprint density at radius 3 is 2.59 bits per heavy atom. The lowest BCUT2D eigenvalue weighted by Gasteiger charge is -2.28. The molecule has 0 unspecified atom stereocenters. The summed E-state index contributed by atoms with van der Waals surface area (Å²) in [5.74, 6) is 0.161. The van der Waals surface area contributed by atoms with Crippen molar-refractivity contribution >= 4 is 11.8 Å². The average Bonchev–Trinajstić information content (AvgIpc) is 3.43. The van der Waals surface area contributed by atoms with Gasteiger partial charge in [0.25, 0.3) is 0 Å². The number of nitrogens with zero attached hydrogens (tertiary/aromatic N) is 3. The first-order valence-electron chi connectivity index (χ1n) is 9.80. The second-order valence-electron chi connectivity index (χ2n) is 7.00. The quantitative estimate of drug-likeness (QED) is 0.489. The lowest BCUT2D eigenvalue weighted by Crippen LogP contribution is -2.45. The molecule has 0 spiro atoms. The van der Waals surface area contributed by atoms with Gasteiger partial charge in [0.1, 0.15) is 0 Å². The van der Waals surface area contributed by atoms with Crippen LogP contribution in [-0.4, -0.2) is 72.7 Å². The predicted molar refractivity (Wildman–Crippen MR) is 103 cm³/mol. The number of ether oxygens (including phenoxy) is 2. The zero-order valence-electron chi connectivity index (χ0n) is 16.9. The van der Waals surface area contributed by atoms with Gasteiger partial charge in [-0.15, -0.1) is 0 Å². The molecule has 7 heteroatoms. The highest BCUT2D eigenvalue weighted by atomic mass is 16.5. The molecule has 27 heavy (non-hydrogen) atoms. The van der Waals surface area contributed by atoms with E-state index in [4.69, 9.17) is 9.47 Å². The van der Waals surface area contributed by atoms with E-state index in [1.54, 1.807) is 16.9 Å². The molecular formula is C20H33N3O4. The van der Waals surface area contributed by atoms with Gasteiger partial charge in [-0.05, 0) is 38.3 Å². The smallest absolute Gasteiger partial charge is 0.242 e. The highest BCUT2D eigenvalue weighted by Gasteiger charge is 2.34. The van der Waals surface area contributed by atoms with Gasteiger partial charge in [-0.2, -0.15) is 0 Å². The van der Waals surface area contributed by atoms with Crippen LogP contribution in [0, 0.1) is 5.92 Å². The molecule has 0 bridgehead atoms. The third-order valence-corrected chi connectivity index (χ3v) is 4.81. The minimum absolute atomic E-state index is 0.0429. The van der Waals surface area contributed by atoms with Gasteiger partial charge >= 0.3 is 0 Å². The zero-order valence-corrected chi connectivity index (χ0v) is 16.9. The molecule has 1 heterocycles. The van der Waals surface area contributed by atoms with E-state index in [1.807, 2.05) is 36.9 Å². The van der Waals surface area contributed by atoms with E-state index in [0.717, 1.165) is 25.0 Å². The Balaban J connectivity index is 1.98. The van der Waals surface area contributed by atoms with Crippen LogP contribution in [0.25, 0.3) is 0 Å². The molecule has 0 aromatic carbocycles. The number of methoxy groups -OCH3 is 1. The molecule has 2 rings (SSSR count). The van der Waals surface area contributed by atoms with Crippen LogP contribution in [0.3, 0.4) is 0 Å². The van der Waals surface area contributed by atoms with Gasteiger partial charge in [-0.1, -0.05) is 0 Å². The van der Waals surface area contributed by atoms with E-state index in [2.05, 4.69) is 0 Å². The van der Waals surface area contributed by atoms with Crippen LogP contribution in [-0.2, 0) is 32.7 Å². The van der Waals surface area contributed by atoms with Crippen molar-refractivity contribution in [2.24, 2.45) is 13.0 Å². The second kappa shape index (κ2) is 11.1. The Kier molecular flexibility index (Phi) is 8.81. The third kappa shape index (κ3) is 6.99. The maximum Gasteiger partial charge on any atom is 0.242 e. The average molecular weight is 380 g/mol. The minimum atomic E-state index is -0.0429. The van der Waals surface area contributed by atoms with Crippen molar-refractivity contribution < 1.29 is 19.1 Å². The Morgan fingerprint density at radius 2 is 2.00 bits per heavy atom. The summed E-state index contributed by atoms with van der Waals surface area (Å²) in [6.45, 7) is 5.39. The van der Waals surface area contributed by atoms with E-state index in [1.165, 1.54) is 0 Å². The summed E-state index contributed by atoms with van der Waals surface area (Å²) in [5, 5.41) is 0. The molecule has 7 nitrogen and oxygen atoms in total. The van der Waals surface area contributed by atoms with Crippen molar-refractivity contribution in [1.82, 2.24) is 14.4 Å². The molecule has 1 aromatic rings. The van der Waals surface area contributed by atoms with E-state index >= 15 is 0 Å². The molecule has 1 aliphatic carbocycles. The van der Waals surface area contributed by atoms with Gasteiger partial charge < -0.3 is 23.8 Å². The Labute approximate surface area is 162 Å². The molecule has 2 amide bonds. The fraction of sp³-hybridized carbons (Fsp3) is 0.700. The van der Waals surface area contributed by atoms with Gasteiger partial charge in [-0.3, -0.25) is 9.59 Å². The highest BCUT2D eigenvalue weighted by molar-refractivity contribution is 5.87. The van der Waals surface area contributed by atoms with Crippen LogP contribution in [0.4, 0.5) is 0 Å². The van der Waals surface area contributed by atoms with Gasteiger partial charge in [0.15, 0.2) is 0 Å². The molecule has 0 N–H and O–H groups in total. The summed E-state index contributed by atoms with van der Waals surface area (Å²) < 4.78 is 12.5. The van der Waals surface area contributed by atoms with Crippen molar-refractivity contribution in [2.45, 2.75) is 32.7 Å². The maximum atomic E-state index is 13.0. The molecule has 1 aromatic heterocycles. The fourth-order valence-electron chi connectivity index (χ4n) is 2.97. The highest BCUT2D eigenvalue weighted by Crippen LogP contribution is 2.31. The van der Waals surface area contributed by atoms with Crippen LogP contribution >= 0.6 is 0 Å². The number of aromatic nitrogens is 1. The molecule has 152 valence electrons. The molecule has 0 atom stereocenters. The molecule has 0 radical (unpaired) electrons. The van der Waals surface area contributed by atoms with Crippen molar-refractivity contribution in [3.8, 4) is 0 Å². The zero-order chi connectivity index (χ0) is 19.6. The standard InChI is InChI=1S/C20H33N3O4/c1-4-27-13-6-11-23(20(25)17-8-9-17)16-19(24)22(12-14-26-3)15-18-7-5-10-21(18)2/h5,7,10,17H,4,6,8-9,11-16H2,1-3H3. The summed E-state index contributed by atoms with van der Waals surface area (Å²) in [6, 6.07) is 3.97. The number of rotatable bonds is 13. The van der Waals surface area contributed by atoms with Crippen molar-refractivity contribution in [1.29, 1.82) is 0 Å². The summed E-state index contributed by atoms with van der Waals surface area (Å²) >= 11 is 0. The number of carbonyl (C=O) groups excluding carboxylic acids is 2. The van der Waals surface area contributed by atoms with E-state index in [-0.39, 0.29) is 24.3 Å². The fourth-order valence-corrected chi connectivity index (χ4v) is 2.97. The summed E-state index contributed by atoms with van der Waals surface area (Å²) in [6.07, 6.45) is 4.58. The first kappa shape index (κ1) is 21.4. The Hall–Kier alpha value is -1.86. The van der Waals surface area contributed by atoms with E-state index in [9.17, 15) is 9.59 Å².